The minimum atomic E-state index is 0.771. The van der Waals surface area contributed by atoms with Gasteiger partial charge in [-0.15, -0.1) is 0 Å². The molecule has 3 heteroatoms. The molecule has 1 aromatic rings. The van der Waals surface area contributed by atoms with E-state index in [0.29, 0.717) is 0 Å². The molecule has 0 radical (unpaired) electrons. The fourth-order valence-corrected chi connectivity index (χ4v) is 1.82. The van der Waals surface area contributed by atoms with Crippen molar-refractivity contribution >= 4 is 15.9 Å². The van der Waals surface area contributed by atoms with Gasteiger partial charge in [0.1, 0.15) is 0 Å². The lowest BCUT2D eigenvalue weighted by Crippen LogP contribution is -2.20. The van der Waals surface area contributed by atoms with E-state index in [0.717, 1.165) is 23.5 Å². The van der Waals surface area contributed by atoms with Crippen molar-refractivity contribution < 1.29 is 0 Å². The summed E-state index contributed by atoms with van der Waals surface area (Å²) in [5.41, 5.74) is 1.26. The van der Waals surface area contributed by atoms with Crippen LogP contribution in [-0.4, -0.2) is 23.5 Å². The summed E-state index contributed by atoms with van der Waals surface area (Å²) in [6.07, 6.45) is 4.99. The average Bonchev–Trinajstić information content (AvgIpc) is 2.15. The zero-order chi connectivity index (χ0) is 11.3. The largest absolute Gasteiger partial charge is 0.302 e. The highest BCUT2D eigenvalue weighted by Crippen LogP contribution is 2.11. The Bertz CT molecular complexity index is 299. The third-order valence-corrected chi connectivity index (χ3v) is 2.74. The summed E-state index contributed by atoms with van der Waals surface area (Å²) in [7, 11) is 2.16. The molecule has 0 atom stereocenters. The number of hydrogen-bond donors (Lipinski definition) is 0. The molecule has 0 unspecified atom stereocenters. The maximum absolute atomic E-state index is 4.16. The molecule has 0 spiro atoms. The molecule has 0 amide bonds. The summed E-state index contributed by atoms with van der Waals surface area (Å²) < 4.78 is 1.05. The number of aromatic nitrogens is 1. The van der Waals surface area contributed by atoms with E-state index >= 15 is 0 Å². The highest BCUT2D eigenvalue weighted by Gasteiger charge is 2.02. The first kappa shape index (κ1) is 12.7. The van der Waals surface area contributed by atoms with Crippen molar-refractivity contribution in [3.8, 4) is 0 Å². The zero-order valence-corrected chi connectivity index (χ0v) is 11.3. The molecule has 0 N–H and O–H groups in total. The van der Waals surface area contributed by atoms with Gasteiger partial charge in [0.05, 0.1) is 0 Å². The Hall–Kier alpha value is -0.410. The summed E-state index contributed by atoms with van der Waals surface area (Å²) in [5, 5.41) is 0. The molecule has 0 saturated heterocycles. The number of rotatable bonds is 5. The molecule has 0 saturated carbocycles. The van der Waals surface area contributed by atoms with Gasteiger partial charge in [-0.05, 0) is 53.5 Å². The second kappa shape index (κ2) is 6.23. The summed E-state index contributed by atoms with van der Waals surface area (Å²) in [6.45, 7) is 6.63. The van der Waals surface area contributed by atoms with Crippen LogP contribution in [0.2, 0.25) is 0 Å². The van der Waals surface area contributed by atoms with Crippen LogP contribution in [0.15, 0.2) is 22.9 Å². The predicted octanol–water partition coefficient (Wildman–Crippen LogP) is 3.32. The summed E-state index contributed by atoms with van der Waals surface area (Å²) in [4.78, 5) is 6.50. The molecule has 0 aliphatic carbocycles. The Kier molecular flexibility index (Phi) is 5.26. The van der Waals surface area contributed by atoms with Crippen molar-refractivity contribution in [2.45, 2.75) is 26.8 Å². The number of hydrogen-bond acceptors (Lipinski definition) is 2. The van der Waals surface area contributed by atoms with Crippen LogP contribution in [0.5, 0.6) is 0 Å². The number of halogens is 1. The second-order valence-corrected chi connectivity index (χ2v) is 5.35. The third kappa shape index (κ3) is 5.28. The third-order valence-electron chi connectivity index (χ3n) is 2.30. The van der Waals surface area contributed by atoms with E-state index in [1.807, 2.05) is 12.4 Å². The van der Waals surface area contributed by atoms with Crippen LogP contribution in [0.4, 0.5) is 0 Å². The minimum Gasteiger partial charge on any atom is -0.302 e. The molecule has 15 heavy (non-hydrogen) atoms. The number of nitrogens with zero attached hydrogens (tertiary/aromatic N) is 2. The molecule has 0 aromatic carbocycles. The standard InChI is InChI=1S/C12H19BrN2/c1-10(2)4-5-15(3)9-11-6-12(13)8-14-7-11/h6-8,10H,4-5,9H2,1-3H3. The summed E-state index contributed by atoms with van der Waals surface area (Å²) >= 11 is 3.43. The van der Waals surface area contributed by atoms with Crippen molar-refractivity contribution in [3.63, 3.8) is 0 Å². The van der Waals surface area contributed by atoms with Crippen LogP contribution in [0.25, 0.3) is 0 Å². The fourth-order valence-electron chi connectivity index (χ4n) is 1.41. The fraction of sp³-hybridized carbons (Fsp3) is 0.583. The van der Waals surface area contributed by atoms with Gasteiger partial charge in [-0.25, -0.2) is 0 Å². The minimum absolute atomic E-state index is 0.771. The van der Waals surface area contributed by atoms with Gasteiger partial charge in [-0.2, -0.15) is 0 Å². The number of pyridine rings is 1. The molecule has 0 aliphatic heterocycles. The van der Waals surface area contributed by atoms with Crippen LogP contribution < -0.4 is 0 Å². The first-order valence-electron chi connectivity index (χ1n) is 5.36. The van der Waals surface area contributed by atoms with E-state index < -0.39 is 0 Å². The normalized spacial score (nSPS) is 11.3. The first-order valence-corrected chi connectivity index (χ1v) is 6.15. The van der Waals surface area contributed by atoms with Crippen molar-refractivity contribution in [1.29, 1.82) is 0 Å². The van der Waals surface area contributed by atoms with E-state index in [1.165, 1.54) is 12.0 Å². The maximum atomic E-state index is 4.16. The van der Waals surface area contributed by atoms with Crippen molar-refractivity contribution in [1.82, 2.24) is 9.88 Å². The van der Waals surface area contributed by atoms with Gasteiger partial charge in [0.2, 0.25) is 0 Å². The lowest BCUT2D eigenvalue weighted by molar-refractivity contribution is 0.303. The molecule has 0 bridgehead atoms. The second-order valence-electron chi connectivity index (χ2n) is 4.43. The Morgan fingerprint density at radius 3 is 2.73 bits per heavy atom. The van der Waals surface area contributed by atoms with Gasteiger partial charge in [-0.1, -0.05) is 13.8 Å². The van der Waals surface area contributed by atoms with Gasteiger partial charge >= 0.3 is 0 Å². The first-order chi connectivity index (χ1) is 7.08. The van der Waals surface area contributed by atoms with E-state index in [1.54, 1.807) is 0 Å². The van der Waals surface area contributed by atoms with Crippen molar-refractivity contribution in [2.24, 2.45) is 5.92 Å². The molecule has 1 rings (SSSR count). The molecule has 1 aromatic heterocycles. The van der Waals surface area contributed by atoms with Gasteiger partial charge in [-0.3, -0.25) is 4.98 Å². The average molecular weight is 271 g/mol. The van der Waals surface area contributed by atoms with Crippen molar-refractivity contribution in [3.05, 3.63) is 28.5 Å². The lowest BCUT2D eigenvalue weighted by Gasteiger charge is -2.17. The van der Waals surface area contributed by atoms with E-state index in [4.69, 9.17) is 0 Å². The highest BCUT2D eigenvalue weighted by molar-refractivity contribution is 9.10. The van der Waals surface area contributed by atoms with Crippen LogP contribution in [0.1, 0.15) is 25.8 Å². The van der Waals surface area contributed by atoms with Crippen LogP contribution in [0.3, 0.4) is 0 Å². The highest BCUT2D eigenvalue weighted by atomic mass is 79.9. The van der Waals surface area contributed by atoms with Crippen LogP contribution >= 0.6 is 15.9 Å². The van der Waals surface area contributed by atoms with E-state index in [2.05, 4.69) is 52.8 Å². The molecular formula is C12H19BrN2. The molecular weight excluding hydrogens is 252 g/mol. The van der Waals surface area contributed by atoms with Gasteiger partial charge in [0, 0.05) is 23.4 Å². The predicted molar refractivity (Wildman–Crippen MR) is 67.7 cm³/mol. The summed E-state index contributed by atoms with van der Waals surface area (Å²) in [6, 6.07) is 2.12. The lowest BCUT2D eigenvalue weighted by atomic mass is 10.1. The molecule has 2 nitrogen and oxygen atoms in total. The van der Waals surface area contributed by atoms with Gasteiger partial charge in [0.25, 0.3) is 0 Å². The SMILES string of the molecule is CC(C)CCN(C)Cc1cncc(Br)c1. The molecule has 0 aliphatic rings. The topological polar surface area (TPSA) is 16.1 Å². The van der Waals surface area contributed by atoms with Crippen LogP contribution in [-0.2, 0) is 6.54 Å². The molecule has 84 valence electrons. The van der Waals surface area contributed by atoms with Crippen LogP contribution in [0, 0.1) is 5.92 Å². The Balaban J connectivity index is 2.40. The Labute approximate surface area is 101 Å². The van der Waals surface area contributed by atoms with Gasteiger partial charge in [0.15, 0.2) is 0 Å². The quantitative estimate of drug-likeness (QED) is 0.816. The maximum Gasteiger partial charge on any atom is 0.0410 e. The molecule has 0 fully saturated rings. The smallest absolute Gasteiger partial charge is 0.0410 e. The van der Waals surface area contributed by atoms with Gasteiger partial charge < -0.3 is 4.90 Å². The van der Waals surface area contributed by atoms with Crippen molar-refractivity contribution in [2.75, 3.05) is 13.6 Å². The monoisotopic (exact) mass is 270 g/mol. The van der Waals surface area contributed by atoms with E-state index in [-0.39, 0.29) is 0 Å². The van der Waals surface area contributed by atoms with E-state index in [9.17, 15) is 0 Å². The Morgan fingerprint density at radius 1 is 1.40 bits per heavy atom. The Morgan fingerprint density at radius 2 is 2.13 bits per heavy atom. The zero-order valence-electron chi connectivity index (χ0n) is 9.70. The molecule has 1 heterocycles. The summed E-state index contributed by atoms with van der Waals surface area (Å²) in [5.74, 6) is 0.771.